The Morgan fingerprint density at radius 3 is 2.90 bits per heavy atom. The Kier molecular flexibility index (Phi) is 5.22. The first-order valence-corrected chi connectivity index (χ1v) is 7.89. The third-order valence-electron chi connectivity index (χ3n) is 4.92. The van der Waals surface area contributed by atoms with E-state index in [1.54, 1.807) is 0 Å². The molecule has 4 heteroatoms. The van der Waals surface area contributed by atoms with Crippen LogP contribution in [0.25, 0.3) is 0 Å². The van der Waals surface area contributed by atoms with Gasteiger partial charge in [-0.1, -0.05) is 19.8 Å². The monoisotopic (exact) mass is 278 g/mol. The van der Waals surface area contributed by atoms with Crippen molar-refractivity contribution in [3.8, 4) is 0 Å². The Balaban J connectivity index is 1.82. The first kappa shape index (κ1) is 15.5. The zero-order chi connectivity index (χ0) is 14.6. The smallest absolute Gasteiger partial charge is 0.105 e. The van der Waals surface area contributed by atoms with Crippen LogP contribution in [0.1, 0.15) is 38.4 Å². The van der Waals surface area contributed by atoms with E-state index >= 15 is 0 Å². The van der Waals surface area contributed by atoms with Gasteiger partial charge in [0.1, 0.15) is 5.82 Å². The Morgan fingerprint density at radius 2 is 2.30 bits per heavy atom. The van der Waals surface area contributed by atoms with Crippen LogP contribution in [0.4, 0.5) is 0 Å². The van der Waals surface area contributed by atoms with Crippen molar-refractivity contribution in [2.75, 3.05) is 27.2 Å². The molecule has 4 nitrogen and oxygen atoms in total. The SMILES string of the molecule is Cc1nccn1CCNCC1(N(C)C)CCCC(C)C1. The summed E-state index contributed by atoms with van der Waals surface area (Å²) >= 11 is 0. The topological polar surface area (TPSA) is 33.1 Å². The van der Waals surface area contributed by atoms with E-state index in [4.69, 9.17) is 0 Å². The Labute approximate surface area is 123 Å². The number of nitrogens with zero attached hydrogens (tertiary/aromatic N) is 3. The second-order valence-electron chi connectivity index (χ2n) is 6.66. The highest BCUT2D eigenvalue weighted by Gasteiger charge is 2.36. The van der Waals surface area contributed by atoms with E-state index in [0.717, 1.165) is 31.4 Å². The van der Waals surface area contributed by atoms with E-state index < -0.39 is 0 Å². The van der Waals surface area contributed by atoms with Gasteiger partial charge in [-0.25, -0.2) is 4.98 Å². The minimum atomic E-state index is 0.349. The van der Waals surface area contributed by atoms with E-state index in [1.807, 2.05) is 6.20 Å². The quantitative estimate of drug-likeness (QED) is 0.811. The molecule has 0 amide bonds. The first-order chi connectivity index (χ1) is 9.53. The van der Waals surface area contributed by atoms with Crippen LogP contribution in [0, 0.1) is 12.8 Å². The summed E-state index contributed by atoms with van der Waals surface area (Å²) in [5, 5.41) is 3.67. The van der Waals surface area contributed by atoms with Crippen molar-refractivity contribution in [1.82, 2.24) is 19.8 Å². The van der Waals surface area contributed by atoms with Crippen LogP contribution in [0.5, 0.6) is 0 Å². The average Bonchev–Trinajstić information content (AvgIpc) is 2.80. The summed E-state index contributed by atoms with van der Waals surface area (Å²) in [7, 11) is 4.47. The zero-order valence-electron chi connectivity index (χ0n) is 13.5. The van der Waals surface area contributed by atoms with Crippen molar-refractivity contribution in [3.05, 3.63) is 18.2 Å². The van der Waals surface area contributed by atoms with E-state index in [-0.39, 0.29) is 0 Å². The molecule has 1 aromatic heterocycles. The van der Waals surface area contributed by atoms with E-state index in [2.05, 4.69) is 53.9 Å². The summed E-state index contributed by atoms with van der Waals surface area (Å²) in [6, 6.07) is 0. The lowest BCUT2D eigenvalue weighted by Gasteiger charge is -2.45. The molecule has 114 valence electrons. The van der Waals surface area contributed by atoms with Gasteiger partial charge in [0, 0.05) is 37.6 Å². The lowest BCUT2D eigenvalue weighted by molar-refractivity contribution is 0.0752. The van der Waals surface area contributed by atoms with E-state index in [1.165, 1.54) is 25.7 Å². The van der Waals surface area contributed by atoms with E-state index in [0.29, 0.717) is 5.54 Å². The molecule has 1 fully saturated rings. The summed E-state index contributed by atoms with van der Waals surface area (Å²) in [6.45, 7) is 7.57. The highest BCUT2D eigenvalue weighted by molar-refractivity contribution is 4.95. The average molecular weight is 278 g/mol. The summed E-state index contributed by atoms with van der Waals surface area (Å²) in [5.41, 5.74) is 0.349. The number of hydrogen-bond acceptors (Lipinski definition) is 3. The summed E-state index contributed by atoms with van der Waals surface area (Å²) in [6.07, 6.45) is 9.32. The van der Waals surface area contributed by atoms with Gasteiger partial charge >= 0.3 is 0 Å². The maximum Gasteiger partial charge on any atom is 0.105 e. The highest BCUT2D eigenvalue weighted by Crippen LogP contribution is 2.35. The number of hydrogen-bond donors (Lipinski definition) is 1. The lowest BCUT2D eigenvalue weighted by atomic mass is 9.75. The molecule has 20 heavy (non-hydrogen) atoms. The van der Waals surface area contributed by atoms with Crippen molar-refractivity contribution >= 4 is 0 Å². The molecule has 1 aliphatic carbocycles. The fourth-order valence-corrected chi connectivity index (χ4v) is 3.52. The van der Waals surface area contributed by atoms with Crippen LogP contribution in [0.3, 0.4) is 0 Å². The van der Waals surface area contributed by atoms with E-state index in [9.17, 15) is 0 Å². The zero-order valence-corrected chi connectivity index (χ0v) is 13.5. The lowest BCUT2D eigenvalue weighted by Crippen LogP contribution is -2.54. The molecule has 0 aromatic carbocycles. The van der Waals surface area contributed by atoms with Crippen LogP contribution in [0.15, 0.2) is 12.4 Å². The summed E-state index contributed by atoms with van der Waals surface area (Å²) in [5.74, 6) is 1.95. The summed E-state index contributed by atoms with van der Waals surface area (Å²) in [4.78, 5) is 6.71. The number of imidazole rings is 1. The van der Waals surface area contributed by atoms with Gasteiger partial charge in [0.05, 0.1) is 0 Å². The van der Waals surface area contributed by atoms with Crippen LogP contribution in [0.2, 0.25) is 0 Å². The van der Waals surface area contributed by atoms with Gasteiger partial charge in [-0.3, -0.25) is 0 Å². The number of aryl methyl sites for hydroxylation is 1. The molecule has 0 bridgehead atoms. The van der Waals surface area contributed by atoms with Crippen LogP contribution >= 0.6 is 0 Å². The third-order valence-corrected chi connectivity index (χ3v) is 4.92. The molecule has 1 aromatic rings. The predicted octanol–water partition coefficient (Wildman–Crippen LogP) is 2.29. The molecule has 2 atom stereocenters. The van der Waals surface area contributed by atoms with Gasteiger partial charge in [0.15, 0.2) is 0 Å². The van der Waals surface area contributed by atoms with Gasteiger partial charge in [-0.05, 0) is 39.8 Å². The normalized spacial score (nSPS) is 27.1. The molecule has 1 saturated carbocycles. The van der Waals surface area contributed by atoms with Gasteiger partial charge in [-0.2, -0.15) is 0 Å². The van der Waals surface area contributed by atoms with Crippen molar-refractivity contribution < 1.29 is 0 Å². The van der Waals surface area contributed by atoms with Gasteiger partial charge in [0.2, 0.25) is 0 Å². The number of aromatic nitrogens is 2. The molecule has 1 aliphatic rings. The predicted molar refractivity (Wildman–Crippen MR) is 83.9 cm³/mol. The Hall–Kier alpha value is -0.870. The highest BCUT2D eigenvalue weighted by atomic mass is 15.2. The van der Waals surface area contributed by atoms with Crippen LogP contribution in [-0.2, 0) is 6.54 Å². The van der Waals surface area contributed by atoms with Crippen molar-refractivity contribution in [1.29, 1.82) is 0 Å². The number of nitrogens with one attached hydrogen (secondary N) is 1. The van der Waals surface area contributed by atoms with Gasteiger partial charge in [0.25, 0.3) is 0 Å². The second kappa shape index (κ2) is 6.72. The minimum absolute atomic E-state index is 0.349. The standard InChI is InChI=1S/C16H30N4/c1-14-6-5-7-16(12-14,19(3)4)13-17-8-10-20-11-9-18-15(20)2/h9,11,14,17H,5-8,10,12-13H2,1-4H3. The van der Waals surface area contributed by atoms with Gasteiger partial charge < -0.3 is 14.8 Å². The van der Waals surface area contributed by atoms with Crippen LogP contribution in [-0.4, -0.2) is 47.2 Å². The molecule has 0 radical (unpaired) electrons. The fraction of sp³-hybridized carbons (Fsp3) is 0.812. The molecule has 1 heterocycles. The van der Waals surface area contributed by atoms with Crippen molar-refractivity contribution in [2.24, 2.45) is 5.92 Å². The molecule has 2 rings (SSSR count). The molecule has 0 spiro atoms. The minimum Gasteiger partial charge on any atom is -0.334 e. The largest absolute Gasteiger partial charge is 0.334 e. The second-order valence-corrected chi connectivity index (χ2v) is 6.66. The molecule has 1 N–H and O–H groups in total. The maximum atomic E-state index is 4.26. The van der Waals surface area contributed by atoms with Crippen molar-refractivity contribution in [3.63, 3.8) is 0 Å². The first-order valence-electron chi connectivity index (χ1n) is 7.89. The molecule has 2 unspecified atom stereocenters. The Bertz CT molecular complexity index is 412. The maximum absolute atomic E-state index is 4.26. The van der Waals surface area contributed by atoms with Crippen LogP contribution < -0.4 is 5.32 Å². The molecule has 0 aliphatic heterocycles. The van der Waals surface area contributed by atoms with Crippen molar-refractivity contribution in [2.45, 2.75) is 51.6 Å². The number of likely N-dealkylation sites (N-methyl/N-ethyl adjacent to an activating group) is 1. The van der Waals surface area contributed by atoms with Gasteiger partial charge in [-0.15, -0.1) is 0 Å². The molecular formula is C16H30N4. The summed E-state index contributed by atoms with van der Waals surface area (Å²) < 4.78 is 2.21. The fourth-order valence-electron chi connectivity index (χ4n) is 3.52. The Morgan fingerprint density at radius 1 is 1.50 bits per heavy atom. The molecule has 0 saturated heterocycles. The third kappa shape index (κ3) is 3.61. The molecular weight excluding hydrogens is 248 g/mol. The number of rotatable bonds is 6.